The average molecular weight is 341 g/mol. The highest BCUT2D eigenvalue weighted by Gasteiger charge is 2.25. The van der Waals surface area contributed by atoms with Crippen LogP contribution in [0.15, 0.2) is 54.6 Å². The number of methoxy groups -OCH3 is 1. The van der Waals surface area contributed by atoms with Gasteiger partial charge in [-0.3, -0.25) is 9.59 Å². The molecular formula is C20H23NO4. The Morgan fingerprint density at radius 2 is 1.68 bits per heavy atom. The first-order valence-corrected chi connectivity index (χ1v) is 8.26. The largest absolute Gasteiger partial charge is 0.495 e. The van der Waals surface area contributed by atoms with Crippen molar-refractivity contribution >= 4 is 17.6 Å². The number of rotatable bonds is 7. The van der Waals surface area contributed by atoms with Gasteiger partial charge in [-0.1, -0.05) is 49.4 Å². The second-order valence-electron chi connectivity index (χ2n) is 5.64. The molecule has 2 atom stereocenters. The first-order chi connectivity index (χ1) is 12.1. The summed E-state index contributed by atoms with van der Waals surface area (Å²) in [7, 11) is 1.53. The topological polar surface area (TPSA) is 64.6 Å². The molecule has 2 rings (SSSR count). The van der Waals surface area contributed by atoms with E-state index < -0.39 is 18.0 Å². The Morgan fingerprint density at radius 1 is 1.04 bits per heavy atom. The summed E-state index contributed by atoms with van der Waals surface area (Å²) in [6, 6.07) is 16.5. The van der Waals surface area contributed by atoms with Crippen LogP contribution in [0.5, 0.6) is 5.75 Å². The van der Waals surface area contributed by atoms with E-state index >= 15 is 0 Å². The van der Waals surface area contributed by atoms with E-state index in [-0.39, 0.29) is 5.92 Å². The number of amides is 1. The lowest BCUT2D eigenvalue weighted by Gasteiger charge is -2.19. The molecule has 132 valence electrons. The van der Waals surface area contributed by atoms with E-state index in [0.717, 1.165) is 5.56 Å². The molecule has 0 radical (unpaired) electrons. The number of carbonyl (C=O) groups is 2. The van der Waals surface area contributed by atoms with Gasteiger partial charge in [0.2, 0.25) is 0 Å². The minimum absolute atomic E-state index is 0.386. The van der Waals surface area contributed by atoms with Gasteiger partial charge in [-0.15, -0.1) is 0 Å². The summed E-state index contributed by atoms with van der Waals surface area (Å²) < 4.78 is 10.6. The van der Waals surface area contributed by atoms with Crippen LogP contribution in [0.1, 0.15) is 31.7 Å². The van der Waals surface area contributed by atoms with Crippen LogP contribution in [0.2, 0.25) is 0 Å². The number of benzene rings is 2. The molecule has 0 unspecified atom stereocenters. The quantitative estimate of drug-likeness (QED) is 0.779. The lowest BCUT2D eigenvalue weighted by atomic mass is 9.97. The maximum atomic E-state index is 12.4. The van der Waals surface area contributed by atoms with Gasteiger partial charge in [0, 0.05) is 0 Å². The van der Waals surface area contributed by atoms with Crippen LogP contribution in [0.4, 0.5) is 5.69 Å². The van der Waals surface area contributed by atoms with Crippen LogP contribution in [-0.4, -0.2) is 25.1 Å². The van der Waals surface area contributed by atoms with Crippen LogP contribution in [0, 0.1) is 0 Å². The maximum Gasteiger partial charge on any atom is 0.314 e. The molecule has 0 spiro atoms. The highest BCUT2D eigenvalue weighted by atomic mass is 16.5. The van der Waals surface area contributed by atoms with Crippen molar-refractivity contribution in [3.05, 3.63) is 60.2 Å². The Bertz CT molecular complexity index is 715. The molecule has 0 heterocycles. The lowest BCUT2D eigenvalue weighted by Crippen LogP contribution is -2.31. The van der Waals surface area contributed by atoms with Gasteiger partial charge >= 0.3 is 5.97 Å². The monoisotopic (exact) mass is 341 g/mol. The van der Waals surface area contributed by atoms with Crippen molar-refractivity contribution in [2.24, 2.45) is 0 Å². The van der Waals surface area contributed by atoms with E-state index in [1.54, 1.807) is 25.1 Å². The Hall–Kier alpha value is -2.82. The van der Waals surface area contributed by atoms with Crippen molar-refractivity contribution in [3.8, 4) is 5.75 Å². The van der Waals surface area contributed by atoms with Crippen LogP contribution in [0.3, 0.4) is 0 Å². The zero-order valence-corrected chi connectivity index (χ0v) is 14.7. The molecular weight excluding hydrogens is 318 g/mol. The van der Waals surface area contributed by atoms with E-state index in [1.165, 1.54) is 7.11 Å². The number of esters is 1. The van der Waals surface area contributed by atoms with Gasteiger partial charge in [0.15, 0.2) is 6.10 Å². The molecule has 0 aliphatic heterocycles. The van der Waals surface area contributed by atoms with Crippen molar-refractivity contribution in [1.29, 1.82) is 0 Å². The number of hydrogen-bond acceptors (Lipinski definition) is 4. The SMILES string of the molecule is CC[C@@H](C(=O)O[C@H](C)C(=O)Nc1ccccc1OC)c1ccccc1. The minimum atomic E-state index is -0.907. The van der Waals surface area contributed by atoms with Crippen molar-refractivity contribution in [2.45, 2.75) is 32.3 Å². The molecule has 0 aliphatic carbocycles. The first kappa shape index (κ1) is 18.5. The molecule has 0 saturated heterocycles. The lowest BCUT2D eigenvalue weighted by molar-refractivity contribution is -0.154. The molecule has 0 aliphatic rings. The fourth-order valence-corrected chi connectivity index (χ4v) is 2.52. The summed E-state index contributed by atoms with van der Waals surface area (Å²) in [5.74, 6) is -0.648. The molecule has 2 aromatic carbocycles. The summed E-state index contributed by atoms with van der Waals surface area (Å²) >= 11 is 0. The molecule has 5 heteroatoms. The van der Waals surface area contributed by atoms with Gasteiger partial charge in [-0.05, 0) is 31.0 Å². The zero-order valence-electron chi connectivity index (χ0n) is 14.7. The number of carbonyl (C=O) groups excluding carboxylic acids is 2. The summed E-state index contributed by atoms with van der Waals surface area (Å²) in [4.78, 5) is 24.8. The Labute approximate surface area is 148 Å². The molecule has 1 amide bonds. The third-order valence-electron chi connectivity index (χ3n) is 3.92. The molecule has 0 bridgehead atoms. The average Bonchev–Trinajstić information content (AvgIpc) is 2.63. The second kappa shape index (κ2) is 8.87. The highest BCUT2D eigenvalue weighted by Crippen LogP contribution is 2.24. The third-order valence-corrected chi connectivity index (χ3v) is 3.92. The molecule has 2 aromatic rings. The van der Waals surface area contributed by atoms with Crippen LogP contribution in [-0.2, 0) is 14.3 Å². The van der Waals surface area contributed by atoms with E-state index in [0.29, 0.717) is 17.9 Å². The number of ether oxygens (including phenoxy) is 2. The smallest absolute Gasteiger partial charge is 0.314 e. The van der Waals surface area contributed by atoms with Gasteiger partial charge in [-0.2, -0.15) is 0 Å². The Morgan fingerprint density at radius 3 is 2.32 bits per heavy atom. The fourth-order valence-electron chi connectivity index (χ4n) is 2.52. The summed E-state index contributed by atoms with van der Waals surface area (Å²) in [6.45, 7) is 3.47. The van der Waals surface area contributed by atoms with Crippen molar-refractivity contribution < 1.29 is 19.1 Å². The molecule has 0 saturated carbocycles. The number of anilines is 1. The predicted molar refractivity (Wildman–Crippen MR) is 96.7 cm³/mol. The van der Waals surface area contributed by atoms with Crippen LogP contribution < -0.4 is 10.1 Å². The molecule has 5 nitrogen and oxygen atoms in total. The van der Waals surface area contributed by atoms with Gasteiger partial charge in [-0.25, -0.2) is 0 Å². The minimum Gasteiger partial charge on any atom is -0.495 e. The Kier molecular flexibility index (Phi) is 6.57. The summed E-state index contributed by atoms with van der Waals surface area (Å²) in [6.07, 6.45) is -0.306. The van der Waals surface area contributed by atoms with E-state index in [4.69, 9.17) is 9.47 Å². The standard InChI is InChI=1S/C20H23NO4/c1-4-16(15-10-6-5-7-11-15)20(23)25-14(2)19(22)21-17-12-8-9-13-18(17)24-3/h5-14,16H,4H2,1-3H3,(H,21,22)/t14-,16-/m1/s1. The van der Waals surface area contributed by atoms with Crippen molar-refractivity contribution in [2.75, 3.05) is 12.4 Å². The predicted octanol–water partition coefficient (Wildman–Crippen LogP) is 3.76. The van der Waals surface area contributed by atoms with Crippen molar-refractivity contribution in [1.82, 2.24) is 0 Å². The van der Waals surface area contributed by atoms with Crippen LogP contribution >= 0.6 is 0 Å². The molecule has 0 aromatic heterocycles. The van der Waals surface area contributed by atoms with E-state index in [2.05, 4.69) is 5.32 Å². The number of para-hydroxylation sites is 2. The van der Waals surface area contributed by atoms with Gasteiger partial charge < -0.3 is 14.8 Å². The third kappa shape index (κ3) is 4.83. The highest BCUT2D eigenvalue weighted by molar-refractivity contribution is 5.96. The number of nitrogens with one attached hydrogen (secondary N) is 1. The Balaban J connectivity index is 2.01. The second-order valence-corrected chi connectivity index (χ2v) is 5.64. The van der Waals surface area contributed by atoms with Crippen LogP contribution in [0.25, 0.3) is 0 Å². The molecule has 1 N–H and O–H groups in total. The molecule has 0 fully saturated rings. The number of hydrogen-bond donors (Lipinski definition) is 1. The zero-order chi connectivity index (χ0) is 18.2. The van der Waals surface area contributed by atoms with Gasteiger partial charge in [0.05, 0.1) is 18.7 Å². The summed E-state index contributed by atoms with van der Waals surface area (Å²) in [5.41, 5.74) is 1.42. The van der Waals surface area contributed by atoms with E-state index in [9.17, 15) is 9.59 Å². The normalized spacial score (nSPS) is 12.8. The maximum absolute atomic E-state index is 12.4. The summed E-state index contributed by atoms with van der Waals surface area (Å²) in [5, 5.41) is 2.72. The van der Waals surface area contributed by atoms with Crippen molar-refractivity contribution in [3.63, 3.8) is 0 Å². The van der Waals surface area contributed by atoms with Gasteiger partial charge in [0.1, 0.15) is 5.75 Å². The first-order valence-electron chi connectivity index (χ1n) is 8.26. The fraction of sp³-hybridized carbons (Fsp3) is 0.300. The molecule has 25 heavy (non-hydrogen) atoms. The van der Waals surface area contributed by atoms with E-state index in [1.807, 2.05) is 43.3 Å². The van der Waals surface area contributed by atoms with Gasteiger partial charge in [0.25, 0.3) is 5.91 Å².